The maximum atomic E-state index is 13.1. The summed E-state index contributed by atoms with van der Waals surface area (Å²) < 4.78 is 0. The molecule has 29 heavy (non-hydrogen) atoms. The van der Waals surface area contributed by atoms with Gasteiger partial charge in [0, 0.05) is 37.0 Å². The van der Waals surface area contributed by atoms with Crippen LogP contribution < -0.4 is 16.0 Å². The van der Waals surface area contributed by atoms with Gasteiger partial charge in [0.25, 0.3) is 5.91 Å². The van der Waals surface area contributed by atoms with Gasteiger partial charge in [-0.3, -0.25) is 19.7 Å². The number of fused-ring (bicyclic) bond motifs is 1. The highest BCUT2D eigenvalue weighted by Gasteiger charge is 2.40. The van der Waals surface area contributed by atoms with Gasteiger partial charge in [0.2, 0.25) is 11.8 Å². The number of aliphatic hydroxyl groups excluding tert-OH is 1. The zero-order chi connectivity index (χ0) is 20.4. The summed E-state index contributed by atoms with van der Waals surface area (Å²) in [6.45, 7) is 3.58. The van der Waals surface area contributed by atoms with Crippen molar-refractivity contribution in [3.05, 3.63) is 34.9 Å². The van der Waals surface area contributed by atoms with Gasteiger partial charge in [0.05, 0.1) is 6.61 Å². The van der Waals surface area contributed by atoms with Crippen LogP contribution in [0.1, 0.15) is 47.2 Å². The minimum absolute atomic E-state index is 0.119. The van der Waals surface area contributed by atoms with Gasteiger partial charge in [-0.1, -0.05) is 18.2 Å². The van der Waals surface area contributed by atoms with Crippen molar-refractivity contribution in [1.29, 1.82) is 0 Å². The minimum Gasteiger partial charge on any atom is -0.396 e. The standard InChI is InChI=1S/C21H28N4O4/c26-13-21(6-8-22-9-7-21)12-23-10-14-2-1-3-15-11-25(20(29)18(14)15)16-4-5-17(27)24-19(16)28/h1-3,16,22-23,26H,4-13H2,(H,24,27,28). The summed E-state index contributed by atoms with van der Waals surface area (Å²) in [5.41, 5.74) is 2.36. The van der Waals surface area contributed by atoms with Crippen molar-refractivity contribution in [3.63, 3.8) is 0 Å². The highest BCUT2D eigenvalue weighted by atomic mass is 16.3. The van der Waals surface area contributed by atoms with Crippen LogP contribution in [0.5, 0.6) is 0 Å². The minimum atomic E-state index is -0.596. The van der Waals surface area contributed by atoms with E-state index in [9.17, 15) is 19.5 Å². The van der Waals surface area contributed by atoms with Gasteiger partial charge in [-0.05, 0) is 43.5 Å². The Morgan fingerprint density at radius 2 is 2.00 bits per heavy atom. The number of imide groups is 1. The van der Waals surface area contributed by atoms with Gasteiger partial charge < -0.3 is 20.6 Å². The van der Waals surface area contributed by atoms with Crippen LogP contribution in [-0.4, -0.2) is 60.0 Å². The molecule has 3 amide bonds. The number of aliphatic hydroxyl groups is 1. The third-order valence-corrected chi connectivity index (χ3v) is 6.45. The van der Waals surface area contributed by atoms with Crippen molar-refractivity contribution in [2.45, 2.75) is 44.8 Å². The molecule has 156 valence electrons. The number of rotatable bonds is 6. The molecule has 4 rings (SSSR count). The van der Waals surface area contributed by atoms with E-state index >= 15 is 0 Å². The van der Waals surface area contributed by atoms with Crippen LogP contribution in [-0.2, 0) is 22.7 Å². The molecule has 3 aliphatic rings. The van der Waals surface area contributed by atoms with Crippen molar-refractivity contribution >= 4 is 17.7 Å². The Morgan fingerprint density at radius 3 is 2.72 bits per heavy atom. The molecule has 1 unspecified atom stereocenters. The molecule has 2 fully saturated rings. The number of hydrogen-bond donors (Lipinski definition) is 4. The highest BCUT2D eigenvalue weighted by Crippen LogP contribution is 2.31. The van der Waals surface area contributed by atoms with Gasteiger partial charge in [0.1, 0.15) is 6.04 Å². The van der Waals surface area contributed by atoms with E-state index < -0.39 is 11.9 Å². The first kappa shape index (κ1) is 20.0. The number of carbonyl (C=O) groups is 3. The molecule has 8 nitrogen and oxygen atoms in total. The molecular weight excluding hydrogens is 372 g/mol. The fraction of sp³-hybridized carbons (Fsp3) is 0.571. The summed E-state index contributed by atoms with van der Waals surface area (Å²) in [7, 11) is 0. The summed E-state index contributed by atoms with van der Waals surface area (Å²) in [5, 5.41) is 19.0. The lowest BCUT2D eigenvalue weighted by Crippen LogP contribution is -2.52. The Labute approximate surface area is 170 Å². The molecule has 1 aromatic rings. The van der Waals surface area contributed by atoms with E-state index in [1.165, 1.54) is 0 Å². The van der Waals surface area contributed by atoms with E-state index in [1.807, 2.05) is 18.2 Å². The molecule has 0 aromatic heterocycles. The Morgan fingerprint density at radius 1 is 1.21 bits per heavy atom. The third-order valence-electron chi connectivity index (χ3n) is 6.45. The van der Waals surface area contributed by atoms with E-state index in [-0.39, 0.29) is 30.3 Å². The zero-order valence-corrected chi connectivity index (χ0v) is 16.5. The van der Waals surface area contributed by atoms with Gasteiger partial charge in [-0.2, -0.15) is 0 Å². The van der Waals surface area contributed by atoms with Gasteiger partial charge in [-0.15, -0.1) is 0 Å². The topological polar surface area (TPSA) is 111 Å². The molecule has 0 radical (unpaired) electrons. The third kappa shape index (κ3) is 3.92. The number of hydrogen-bond acceptors (Lipinski definition) is 6. The molecule has 0 aliphatic carbocycles. The predicted molar refractivity (Wildman–Crippen MR) is 106 cm³/mol. The second-order valence-electron chi connectivity index (χ2n) is 8.36. The van der Waals surface area contributed by atoms with Crippen molar-refractivity contribution in [2.75, 3.05) is 26.2 Å². The summed E-state index contributed by atoms with van der Waals surface area (Å²) in [4.78, 5) is 38.3. The zero-order valence-electron chi connectivity index (χ0n) is 16.5. The second-order valence-corrected chi connectivity index (χ2v) is 8.36. The first-order chi connectivity index (χ1) is 14.0. The first-order valence-electron chi connectivity index (χ1n) is 10.3. The van der Waals surface area contributed by atoms with Crippen LogP contribution in [0.2, 0.25) is 0 Å². The van der Waals surface area contributed by atoms with E-state index in [1.54, 1.807) is 4.90 Å². The summed E-state index contributed by atoms with van der Waals surface area (Å²) >= 11 is 0. The molecule has 1 atom stereocenters. The molecule has 8 heteroatoms. The molecule has 2 saturated heterocycles. The van der Waals surface area contributed by atoms with Crippen molar-refractivity contribution in [2.24, 2.45) is 5.41 Å². The maximum Gasteiger partial charge on any atom is 0.255 e. The molecule has 0 spiro atoms. The van der Waals surface area contributed by atoms with E-state index in [0.29, 0.717) is 31.6 Å². The number of piperidine rings is 2. The lowest BCUT2D eigenvalue weighted by Gasteiger charge is -2.36. The number of nitrogens with one attached hydrogen (secondary N) is 3. The smallest absolute Gasteiger partial charge is 0.255 e. The van der Waals surface area contributed by atoms with Crippen LogP contribution in [0.3, 0.4) is 0 Å². The molecule has 0 saturated carbocycles. The van der Waals surface area contributed by atoms with Crippen molar-refractivity contribution in [1.82, 2.24) is 20.9 Å². The number of nitrogens with zero attached hydrogens (tertiary/aromatic N) is 1. The summed E-state index contributed by atoms with van der Waals surface area (Å²) in [5.74, 6) is -0.820. The Hall–Kier alpha value is -2.29. The van der Waals surface area contributed by atoms with Crippen LogP contribution >= 0.6 is 0 Å². The van der Waals surface area contributed by atoms with Gasteiger partial charge >= 0.3 is 0 Å². The van der Waals surface area contributed by atoms with Crippen LogP contribution in [0.15, 0.2) is 18.2 Å². The summed E-state index contributed by atoms with van der Waals surface area (Å²) in [6, 6.07) is 5.20. The quantitative estimate of drug-likeness (QED) is 0.497. The van der Waals surface area contributed by atoms with Crippen LogP contribution in [0.25, 0.3) is 0 Å². The first-order valence-corrected chi connectivity index (χ1v) is 10.3. The van der Waals surface area contributed by atoms with E-state index in [2.05, 4.69) is 16.0 Å². The number of amides is 3. The lowest BCUT2D eigenvalue weighted by molar-refractivity contribution is -0.136. The van der Waals surface area contributed by atoms with Gasteiger partial charge in [-0.25, -0.2) is 0 Å². The number of carbonyl (C=O) groups excluding carboxylic acids is 3. The predicted octanol–water partition coefficient (Wildman–Crippen LogP) is -0.101. The summed E-state index contributed by atoms with van der Waals surface area (Å²) in [6.07, 6.45) is 2.46. The van der Waals surface area contributed by atoms with E-state index in [0.717, 1.165) is 37.1 Å². The fourth-order valence-electron chi connectivity index (χ4n) is 4.65. The fourth-order valence-corrected chi connectivity index (χ4v) is 4.65. The second kappa shape index (κ2) is 8.22. The normalized spacial score (nSPS) is 23.8. The maximum absolute atomic E-state index is 13.1. The Bertz CT molecular complexity index is 819. The Kier molecular flexibility index (Phi) is 5.67. The Balaban J connectivity index is 1.45. The van der Waals surface area contributed by atoms with E-state index in [4.69, 9.17) is 0 Å². The molecule has 3 aliphatic heterocycles. The average Bonchev–Trinajstić information content (AvgIpc) is 3.06. The van der Waals surface area contributed by atoms with Gasteiger partial charge in [0.15, 0.2) is 0 Å². The van der Waals surface area contributed by atoms with Crippen LogP contribution in [0.4, 0.5) is 0 Å². The van der Waals surface area contributed by atoms with Crippen molar-refractivity contribution < 1.29 is 19.5 Å². The molecule has 3 heterocycles. The van der Waals surface area contributed by atoms with Crippen molar-refractivity contribution in [3.8, 4) is 0 Å². The number of benzene rings is 1. The molecule has 4 N–H and O–H groups in total. The molecule has 1 aromatic carbocycles. The largest absolute Gasteiger partial charge is 0.396 e. The average molecular weight is 400 g/mol. The molecular formula is C21H28N4O4. The highest BCUT2D eigenvalue weighted by molar-refractivity contribution is 6.05. The lowest BCUT2D eigenvalue weighted by atomic mass is 9.79. The van der Waals surface area contributed by atoms with Crippen LogP contribution in [0, 0.1) is 5.41 Å². The monoisotopic (exact) mass is 400 g/mol. The SMILES string of the molecule is O=C1CCC(N2Cc3cccc(CNCC4(CO)CCNCC4)c3C2=O)C(=O)N1. The molecule has 0 bridgehead atoms.